The number of amides is 1. The number of hydrogen-bond acceptors (Lipinski definition) is 4. The van der Waals surface area contributed by atoms with Crippen molar-refractivity contribution in [2.45, 2.75) is 12.2 Å². The molecule has 2 N–H and O–H groups in total. The summed E-state index contributed by atoms with van der Waals surface area (Å²) in [5, 5.41) is 3.80. The van der Waals surface area contributed by atoms with E-state index in [1.54, 1.807) is 30.3 Å². The van der Waals surface area contributed by atoms with Gasteiger partial charge in [-0.25, -0.2) is 17.5 Å². The van der Waals surface area contributed by atoms with Crippen LogP contribution in [0.1, 0.15) is 17.5 Å². The molecule has 0 heterocycles. The predicted molar refractivity (Wildman–Crippen MR) is 113 cm³/mol. The summed E-state index contributed by atoms with van der Waals surface area (Å²) in [6, 6.07) is 15.7. The summed E-state index contributed by atoms with van der Waals surface area (Å²) in [6.45, 7) is 0.467. The van der Waals surface area contributed by atoms with E-state index in [0.29, 0.717) is 23.6 Å². The second-order valence-corrected chi connectivity index (χ2v) is 8.65. The van der Waals surface area contributed by atoms with Crippen LogP contribution in [0.25, 0.3) is 6.08 Å². The largest absolute Gasteiger partial charge is 0.355 e. The number of rotatable bonds is 11. The molecule has 0 radical (unpaired) electrons. The molecule has 0 unspecified atom stereocenters. The van der Waals surface area contributed by atoms with E-state index in [0.717, 1.165) is 11.0 Å². The molecule has 0 spiro atoms. The van der Waals surface area contributed by atoms with Crippen LogP contribution >= 0.6 is 11.8 Å². The minimum Gasteiger partial charge on any atom is -0.355 e. The lowest BCUT2D eigenvalue weighted by Crippen LogP contribution is -2.31. The van der Waals surface area contributed by atoms with E-state index in [1.165, 1.54) is 23.9 Å². The van der Waals surface area contributed by atoms with Gasteiger partial charge in [-0.2, -0.15) is 11.8 Å². The van der Waals surface area contributed by atoms with Crippen molar-refractivity contribution in [1.29, 1.82) is 0 Å². The van der Waals surface area contributed by atoms with E-state index in [4.69, 9.17) is 0 Å². The van der Waals surface area contributed by atoms with Gasteiger partial charge in [-0.3, -0.25) is 4.79 Å². The molecule has 0 aliphatic heterocycles. The van der Waals surface area contributed by atoms with Crippen molar-refractivity contribution < 1.29 is 17.6 Å². The molecule has 0 fully saturated rings. The summed E-state index contributed by atoms with van der Waals surface area (Å²) in [5.74, 6) is 0.718. The van der Waals surface area contributed by atoms with Gasteiger partial charge < -0.3 is 5.32 Å². The molecule has 0 saturated carbocycles. The van der Waals surface area contributed by atoms with Crippen LogP contribution in [0.5, 0.6) is 0 Å². The number of halogens is 1. The average Bonchev–Trinajstić information content (AvgIpc) is 2.68. The van der Waals surface area contributed by atoms with Gasteiger partial charge >= 0.3 is 0 Å². The van der Waals surface area contributed by atoms with Crippen LogP contribution in [0.3, 0.4) is 0 Å². The smallest absolute Gasteiger partial charge is 0.233 e. The van der Waals surface area contributed by atoms with Crippen LogP contribution in [0, 0.1) is 5.82 Å². The molecule has 2 aromatic carbocycles. The van der Waals surface area contributed by atoms with Gasteiger partial charge in [0.15, 0.2) is 0 Å². The van der Waals surface area contributed by atoms with E-state index >= 15 is 0 Å². The minimum atomic E-state index is -3.59. The van der Waals surface area contributed by atoms with Gasteiger partial charge in [0.1, 0.15) is 5.82 Å². The third kappa shape index (κ3) is 8.69. The molecule has 28 heavy (non-hydrogen) atoms. The Balaban J connectivity index is 1.59. The minimum absolute atomic E-state index is 0.0235. The molecule has 2 rings (SSSR count). The molecular weight excluding hydrogens is 399 g/mol. The topological polar surface area (TPSA) is 75.3 Å². The first-order valence-corrected chi connectivity index (χ1v) is 11.5. The van der Waals surface area contributed by atoms with Crippen LogP contribution in [-0.2, 0) is 20.6 Å². The Morgan fingerprint density at radius 1 is 1.04 bits per heavy atom. The zero-order chi connectivity index (χ0) is 20.2. The van der Waals surface area contributed by atoms with Crippen LogP contribution < -0.4 is 10.0 Å². The van der Waals surface area contributed by atoms with Gasteiger partial charge in [0.05, 0.1) is 0 Å². The van der Waals surface area contributed by atoms with Crippen LogP contribution in [0.4, 0.5) is 4.39 Å². The summed E-state index contributed by atoms with van der Waals surface area (Å²) in [5.41, 5.74) is 1.41. The monoisotopic (exact) mass is 422 g/mol. The number of hydrogen-bond donors (Lipinski definition) is 2. The van der Waals surface area contributed by atoms with E-state index in [9.17, 15) is 17.6 Å². The van der Waals surface area contributed by atoms with Crippen molar-refractivity contribution in [3.63, 3.8) is 0 Å². The van der Waals surface area contributed by atoms with Gasteiger partial charge in [-0.15, -0.1) is 0 Å². The fourth-order valence-corrected chi connectivity index (χ4v) is 3.90. The zero-order valence-electron chi connectivity index (χ0n) is 15.3. The first-order chi connectivity index (χ1) is 13.5. The van der Waals surface area contributed by atoms with Crippen molar-refractivity contribution in [2.75, 3.05) is 18.8 Å². The van der Waals surface area contributed by atoms with Gasteiger partial charge in [-0.1, -0.05) is 48.5 Å². The summed E-state index contributed by atoms with van der Waals surface area (Å²) in [7, 11) is -3.59. The van der Waals surface area contributed by atoms with Gasteiger partial charge in [0, 0.05) is 36.4 Å². The molecule has 0 aliphatic rings. The third-order valence-corrected chi connectivity index (χ3v) is 5.79. The zero-order valence-corrected chi connectivity index (χ0v) is 16.9. The molecule has 2 aromatic rings. The highest BCUT2D eigenvalue weighted by Crippen LogP contribution is 2.14. The molecule has 0 bridgehead atoms. The molecule has 0 atom stereocenters. The summed E-state index contributed by atoms with van der Waals surface area (Å²) < 4.78 is 39.6. The van der Waals surface area contributed by atoms with Crippen molar-refractivity contribution >= 4 is 33.8 Å². The molecule has 0 aromatic heterocycles. The quantitative estimate of drug-likeness (QED) is 0.546. The van der Waals surface area contributed by atoms with Crippen molar-refractivity contribution in [2.24, 2.45) is 0 Å². The van der Waals surface area contributed by atoms with Gasteiger partial charge in [0.25, 0.3) is 0 Å². The molecule has 0 aliphatic carbocycles. The lowest BCUT2D eigenvalue weighted by atomic mass is 10.2. The van der Waals surface area contributed by atoms with E-state index < -0.39 is 10.0 Å². The second kappa shape index (κ2) is 11.6. The third-order valence-electron chi connectivity index (χ3n) is 3.68. The lowest BCUT2D eigenvalue weighted by Gasteiger charge is -2.06. The first kappa shape index (κ1) is 22.1. The molecule has 8 heteroatoms. The Kier molecular flexibility index (Phi) is 9.19. The maximum Gasteiger partial charge on any atom is 0.233 e. The predicted octanol–water partition coefficient (Wildman–Crippen LogP) is 3.16. The van der Waals surface area contributed by atoms with Crippen LogP contribution in [-0.4, -0.2) is 33.2 Å². The average molecular weight is 423 g/mol. The fourth-order valence-electron chi connectivity index (χ4n) is 2.24. The van der Waals surface area contributed by atoms with E-state index in [2.05, 4.69) is 10.0 Å². The summed E-state index contributed by atoms with van der Waals surface area (Å²) in [4.78, 5) is 11.8. The standard InChI is InChI=1S/C20H23FN2O3S2/c21-19-9-5-4-8-18(19)16-27-14-13-22-20(24)10-12-23-28(25,26)15-11-17-6-2-1-3-7-17/h1-9,11,15,23H,10,12-14,16H2,(H,22,24)/b15-11+. The number of nitrogens with one attached hydrogen (secondary N) is 2. The van der Waals surface area contributed by atoms with Crippen molar-refractivity contribution in [3.05, 3.63) is 76.9 Å². The molecular formula is C20H23FN2O3S2. The number of carbonyl (C=O) groups is 1. The lowest BCUT2D eigenvalue weighted by molar-refractivity contribution is -0.120. The highest BCUT2D eigenvalue weighted by atomic mass is 32.2. The molecule has 5 nitrogen and oxygen atoms in total. The van der Waals surface area contributed by atoms with E-state index in [1.807, 2.05) is 18.2 Å². The Morgan fingerprint density at radius 2 is 1.75 bits per heavy atom. The summed E-state index contributed by atoms with van der Waals surface area (Å²) >= 11 is 1.52. The highest BCUT2D eigenvalue weighted by Gasteiger charge is 2.07. The molecule has 0 saturated heterocycles. The second-order valence-electron chi connectivity index (χ2n) is 5.90. The van der Waals surface area contributed by atoms with Crippen molar-refractivity contribution in [1.82, 2.24) is 10.0 Å². The van der Waals surface area contributed by atoms with Crippen molar-refractivity contribution in [3.8, 4) is 0 Å². The van der Waals surface area contributed by atoms with Gasteiger partial charge in [0.2, 0.25) is 15.9 Å². The molecule has 150 valence electrons. The first-order valence-electron chi connectivity index (χ1n) is 8.77. The number of sulfonamides is 1. The number of carbonyl (C=O) groups excluding carboxylic acids is 1. The summed E-state index contributed by atoms with van der Waals surface area (Å²) in [6.07, 6.45) is 1.55. The fraction of sp³-hybridized carbons (Fsp3) is 0.250. The maximum atomic E-state index is 13.5. The van der Waals surface area contributed by atoms with E-state index in [-0.39, 0.29) is 24.7 Å². The van der Waals surface area contributed by atoms with Crippen LogP contribution in [0.15, 0.2) is 60.0 Å². The number of thioether (sulfide) groups is 1. The Bertz CT molecular complexity index is 887. The van der Waals surface area contributed by atoms with Crippen LogP contribution in [0.2, 0.25) is 0 Å². The Labute approximate surface area is 169 Å². The highest BCUT2D eigenvalue weighted by molar-refractivity contribution is 7.98. The SMILES string of the molecule is O=C(CCNS(=O)(=O)/C=C/c1ccccc1)NCCSCc1ccccc1F. The normalized spacial score (nSPS) is 11.6. The Hall–Kier alpha value is -2.16. The van der Waals surface area contributed by atoms with Gasteiger partial charge in [-0.05, 0) is 23.3 Å². The number of benzene rings is 2. The Morgan fingerprint density at radius 3 is 2.50 bits per heavy atom. The maximum absolute atomic E-state index is 13.5. The molecule has 1 amide bonds.